The Bertz CT molecular complexity index is 545. The van der Waals surface area contributed by atoms with Crippen LogP contribution < -0.4 is 10.8 Å². The molecule has 0 bridgehead atoms. The van der Waals surface area contributed by atoms with Gasteiger partial charge in [0.05, 0.1) is 6.04 Å². The second-order valence-corrected chi connectivity index (χ2v) is 4.43. The predicted molar refractivity (Wildman–Crippen MR) is 62.9 cm³/mol. The molecule has 1 atom stereocenters. The van der Waals surface area contributed by atoms with E-state index in [1.54, 1.807) is 0 Å². The number of fused-ring (bicyclic) bond motifs is 1. The molecule has 0 saturated carbocycles. The molecule has 0 aliphatic rings. The minimum atomic E-state index is -1.04. The Kier molecular flexibility index (Phi) is 3.15. The van der Waals surface area contributed by atoms with Crippen molar-refractivity contribution in [3.8, 4) is 0 Å². The minimum absolute atomic E-state index is 0.00320. The topological polar surface area (TPSA) is 72.7 Å². The molecule has 3 N–H and O–H groups in total. The SMILES string of the molecule is Cn1cc(C[C@H]([NH3+])CC(=O)[O-])c2ccccc21. The van der Waals surface area contributed by atoms with Crippen LogP contribution in [-0.2, 0) is 18.3 Å². The molecule has 90 valence electrons. The Morgan fingerprint density at radius 3 is 2.88 bits per heavy atom. The van der Waals surface area contributed by atoms with Gasteiger partial charge >= 0.3 is 0 Å². The number of rotatable bonds is 4. The van der Waals surface area contributed by atoms with E-state index in [1.165, 1.54) is 5.39 Å². The summed E-state index contributed by atoms with van der Waals surface area (Å²) in [6.07, 6.45) is 2.71. The van der Waals surface area contributed by atoms with Gasteiger partial charge < -0.3 is 20.2 Å². The summed E-state index contributed by atoms with van der Waals surface area (Å²) in [6, 6.07) is 7.94. The number of carboxylic acids is 1. The van der Waals surface area contributed by atoms with E-state index in [4.69, 9.17) is 0 Å². The van der Waals surface area contributed by atoms with Crippen LogP contribution in [0.3, 0.4) is 0 Å². The molecular weight excluding hydrogens is 216 g/mol. The van der Waals surface area contributed by atoms with E-state index in [2.05, 4.69) is 22.4 Å². The van der Waals surface area contributed by atoms with Crippen LogP contribution in [0, 0.1) is 0 Å². The maximum Gasteiger partial charge on any atom is 0.0938 e. The molecule has 17 heavy (non-hydrogen) atoms. The summed E-state index contributed by atoms with van der Waals surface area (Å²) < 4.78 is 2.05. The molecule has 2 aromatic rings. The molecule has 0 aliphatic heterocycles. The summed E-state index contributed by atoms with van der Waals surface area (Å²) in [5.41, 5.74) is 6.16. The quantitative estimate of drug-likeness (QED) is 0.769. The number of aromatic nitrogens is 1. The Morgan fingerprint density at radius 2 is 2.18 bits per heavy atom. The van der Waals surface area contributed by atoms with Gasteiger partial charge in [0.25, 0.3) is 0 Å². The van der Waals surface area contributed by atoms with Crippen LogP contribution in [0.5, 0.6) is 0 Å². The molecule has 2 rings (SSSR count). The van der Waals surface area contributed by atoms with Crippen molar-refractivity contribution in [1.82, 2.24) is 4.57 Å². The van der Waals surface area contributed by atoms with E-state index in [-0.39, 0.29) is 12.5 Å². The maximum absolute atomic E-state index is 10.5. The molecule has 1 aromatic heterocycles. The van der Waals surface area contributed by atoms with E-state index in [9.17, 15) is 9.90 Å². The third kappa shape index (κ3) is 2.47. The first kappa shape index (κ1) is 11.7. The first-order valence-electron chi connectivity index (χ1n) is 5.64. The van der Waals surface area contributed by atoms with E-state index < -0.39 is 5.97 Å². The highest BCUT2D eigenvalue weighted by Gasteiger charge is 2.12. The smallest absolute Gasteiger partial charge is 0.0938 e. The van der Waals surface area contributed by atoms with Gasteiger partial charge in [-0.2, -0.15) is 0 Å². The van der Waals surface area contributed by atoms with Crippen LogP contribution in [0.2, 0.25) is 0 Å². The highest BCUT2D eigenvalue weighted by Crippen LogP contribution is 2.21. The number of carbonyl (C=O) groups is 1. The number of nitrogens with zero attached hydrogens (tertiary/aromatic N) is 1. The molecule has 4 heteroatoms. The molecule has 0 aliphatic carbocycles. The molecule has 1 aromatic carbocycles. The summed E-state index contributed by atoms with van der Waals surface area (Å²) in [5.74, 6) is -1.04. The monoisotopic (exact) mass is 232 g/mol. The van der Waals surface area contributed by atoms with E-state index in [0.717, 1.165) is 11.1 Å². The zero-order valence-corrected chi connectivity index (χ0v) is 9.85. The molecule has 1 heterocycles. The number of carbonyl (C=O) groups excluding carboxylic acids is 1. The van der Waals surface area contributed by atoms with Crippen molar-refractivity contribution in [2.45, 2.75) is 18.9 Å². The highest BCUT2D eigenvalue weighted by molar-refractivity contribution is 5.84. The van der Waals surface area contributed by atoms with Crippen molar-refractivity contribution in [2.24, 2.45) is 7.05 Å². The fourth-order valence-corrected chi connectivity index (χ4v) is 2.21. The van der Waals surface area contributed by atoms with E-state index >= 15 is 0 Å². The Balaban J connectivity index is 2.27. The van der Waals surface area contributed by atoms with Gasteiger partial charge in [-0.25, -0.2) is 0 Å². The zero-order valence-electron chi connectivity index (χ0n) is 9.85. The van der Waals surface area contributed by atoms with E-state index in [1.807, 2.05) is 25.4 Å². The molecule has 0 amide bonds. The number of hydrogen-bond acceptors (Lipinski definition) is 2. The van der Waals surface area contributed by atoms with Crippen LogP contribution in [-0.4, -0.2) is 16.6 Å². The maximum atomic E-state index is 10.5. The highest BCUT2D eigenvalue weighted by atomic mass is 16.4. The molecule has 4 nitrogen and oxygen atoms in total. The van der Waals surface area contributed by atoms with Gasteiger partial charge in [0.1, 0.15) is 0 Å². The largest absolute Gasteiger partial charge is 0.550 e. The van der Waals surface area contributed by atoms with E-state index in [0.29, 0.717) is 6.42 Å². The molecule has 0 unspecified atom stereocenters. The van der Waals surface area contributed by atoms with Gasteiger partial charge in [0.2, 0.25) is 0 Å². The molecule has 0 radical (unpaired) electrons. The summed E-state index contributed by atoms with van der Waals surface area (Å²) >= 11 is 0. The first-order valence-corrected chi connectivity index (χ1v) is 5.64. The summed E-state index contributed by atoms with van der Waals surface area (Å²) in [6.45, 7) is 0. The van der Waals surface area contributed by atoms with Gasteiger partial charge in [0, 0.05) is 43.0 Å². The fraction of sp³-hybridized carbons (Fsp3) is 0.308. The van der Waals surface area contributed by atoms with Crippen LogP contribution in [0.1, 0.15) is 12.0 Å². The standard InChI is InChI=1S/C13H16N2O2/c1-15-8-9(6-10(14)7-13(16)17)11-4-2-3-5-12(11)15/h2-5,8,10H,6-7,14H2,1H3,(H,16,17)/t10-/m0/s1. The fourth-order valence-electron chi connectivity index (χ4n) is 2.21. The summed E-state index contributed by atoms with van der Waals surface area (Å²) in [5, 5.41) is 11.7. The average molecular weight is 232 g/mol. The molecule has 0 spiro atoms. The Hall–Kier alpha value is -1.81. The second kappa shape index (κ2) is 4.59. The van der Waals surface area contributed by atoms with Gasteiger partial charge in [-0.15, -0.1) is 0 Å². The second-order valence-electron chi connectivity index (χ2n) is 4.43. The third-order valence-electron chi connectivity index (χ3n) is 2.94. The van der Waals surface area contributed by atoms with Gasteiger partial charge in [-0.05, 0) is 11.6 Å². The third-order valence-corrected chi connectivity index (χ3v) is 2.94. The lowest BCUT2D eigenvalue weighted by molar-refractivity contribution is -0.423. The van der Waals surface area contributed by atoms with Crippen molar-refractivity contribution in [3.05, 3.63) is 36.0 Å². The minimum Gasteiger partial charge on any atom is -0.550 e. The zero-order chi connectivity index (χ0) is 12.4. The Labute approximate surface area is 99.7 Å². The lowest BCUT2D eigenvalue weighted by Gasteiger charge is -2.08. The number of carboxylic acid groups (broad SMARTS) is 1. The predicted octanol–water partition coefficient (Wildman–Crippen LogP) is -0.529. The summed E-state index contributed by atoms with van der Waals surface area (Å²) in [7, 11) is 1.99. The van der Waals surface area contributed by atoms with Crippen molar-refractivity contribution in [1.29, 1.82) is 0 Å². The molecule has 0 fully saturated rings. The van der Waals surface area contributed by atoms with Crippen LogP contribution in [0.25, 0.3) is 10.9 Å². The number of para-hydroxylation sites is 1. The van der Waals surface area contributed by atoms with Gasteiger partial charge in [-0.1, -0.05) is 18.2 Å². The van der Waals surface area contributed by atoms with Crippen molar-refractivity contribution < 1.29 is 15.6 Å². The van der Waals surface area contributed by atoms with Crippen molar-refractivity contribution in [2.75, 3.05) is 0 Å². The molecule has 0 saturated heterocycles. The Morgan fingerprint density at radius 1 is 1.47 bits per heavy atom. The van der Waals surface area contributed by atoms with Gasteiger partial charge in [0.15, 0.2) is 0 Å². The van der Waals surface area contributed by atoms with Crippen molar-refractivity contribution >= 4 is 16.9 Å². The van der Waals surface area contributed by atoms with Crippen LogP contribution in [0.15, 0.2) is 30.5 Å². The average Bonchev–Trinajstić information content (AvgIpc) is 2.55. The number of aliphatic carboxylic acids is 1. The summed E-state index contributed by atoms with van der Waals surface area (Å²) in [4.78, 5) is 10.5. The number of aryl methyl sites for hydroxylation is 1. The van der Waals surface area contributed by atoms with Crippen LogP contribution in [0.4, 0.5) is 0 Å². The number of quaternary nitrogens is 1. The number of benzene rings is 1. The number of hydrogen-bond donors (Lipinski definition) is 1. The van der Waals surface area contributed by atoms with Crippen LogP contribution >= 0.6 is 0 Å². The normalized spacial score (nSPS) is 12.8. The first-order chi connectivity index (χ1) is 8.08. The molecular formula is C13H16N2O2. The lowest BCUT2D eigenvalue weighted by atomic mass is 10.0. The van der Waals surface area contributed by atoms with Gasteiger partial charge in [-0.3, -0.25) is 0 Å². The van der Waals surface area contributed by atoms with Crippen molar-refractivity contribution in [3.63, 3.8) is 0 Å². The lowest BCUT2D eigenvalue weighted by Crippen LogP contribution is -2.63.